The number of benzene rings is 1. The van der Waals surface area contributed by atoms with Crippen LogP contribution in [0.2, 0.25) is 0 Å². The van der Waals surface area contributed by atoms with Crippen molar-refractivity contribution >= 4 is 0 Å². The van der Waals surface area contributed by atoms with Gasteiger partial charge in [-0.3, -0.25) is 0 Å². The van der Waals surface area contributed by atoms with Crippen LogP contribution in [0.5, 0.6) is 0 Å². The van der Waals surface area contributed by atoms with Gasteiger partial charge in [0.2, 0.25) is 0 Å². The number of piperidine rings is 1. The third-order valence-electron chi connectivity index (χ3n) is 3.23. The van der Waals surface area contributed by atoms with E-state index in [9.17, 15) is 0 Å². The molecule has 2 rings (SSSR count). The lowest BCUT2D eigenvalue weighted by Crippen LogP contribution is -2.42. The Morgan fingerprint density at radius 1 is 1.44 bits per heavy atom. The smallest absolute Gasteiger partial charge is 0.0955 e. The molecule has 1 aromatic rings. The van der Waals surface area contributed by atoms with E-state index < -0.39 is 0 Å². The standard InChI is InChI=1S/C14H20NO/c1-2-12-16-14(8-10-15-11-9-14)13-6-4-3-5-7-13/h3-4,6-7,15H,2,8-12H2,1H3. The van der Waals surface area contributed by atoms with Crippen LogP contribution in [0, 0.1) is 6.07 Å². The number of ether oxygens (including phenoxy) is 1. The van der Waals surface area contributed by atoms with Gasteiger partial charge < -0.3 is 10.1 Å². The summed E-state index contributed by atoms with van der Waals surface area (Å²) in [5.74, 6) is 0. The molecule has 2 nitrogen and oxygen atoms in total. The molecule has 1 fully saturated rings. The van der Waals surface area contributed by atoms with Crippen LogP contribution in [0.1, 0.15) is 31.7 Å². The molecule has 0 amide bonds. The number of nitrogens with one attached hydrogen (secondary N) is 1. The van der Waals surface area contributed by atoms with E-state index in [-0.39, 0.29) is 5.60 Å². The quantitative estimate of drug-likeness (QED) is 0.838. The number of hydrogen-bond acceptors (Lipinski definition) is 2. The van der Waals surface area contributed by atoms with Gasteiger partial charge in [0.25, 0.3) is 0 Å². The summed E-state index contributed by atoms with van der Waals surface area (Å²) in [4.78, 5) is 0. The van der Waals surface area contributed by atoms with Crippen LogP contribution < -0.4 is 5.32 Å². The molecule has 16 heavy (non-hydrogen) atoms. The second-order valence-corrected chi connectivity index (χ2v) is 4.38. The van der Waals surface area contributed by atoms with Crippen molar-refractivity contribution in [2.75, 3.05) is 19.7 Å². The van der Waals surface area contributed by atoms with Gasteiger partial charge in [0.05, 0.1) is 5.60 Å². The van der Waals surface area contributed by atoms with Gasteiger partial charge in [0.1, 0.15) is 0 Å². The summed E-state index contributed by atoms with van der Waals surface area (Å²) < 4.78 is 6.15. The molecule has 2 heteroatoms. The highest BCUT2D eigenvalue weighted by Crippen LogP contribution is 2.34. The zero-order chi connectivity index (χ0) is 11.3. The zero-order valence-corrected chi connectivity index (χ0v) is 9.96. The maximum absolute atomic E-state index is 6.15. The molecule has 0 bridgehead atoms. The Labute approximate surface area is 98.0 Å². The topological polar surface area (TPSA) is 21.3 Å². The Morgan fingerprint density at radius 2 is 2.25 bits per heavy atom. The van der Waals surface area contributed by atoms with Crippen LogP contribution in [0.3, 0.4) is 0 Å². The summed E-state index contributed by atoms with van der Waals surface area (Å²) in [6.45, 7) is 5.08. The van der Waals surface area contributed by atoms with Crippen LogP contribution in [0.15, 0.2) is 24.3 Å². The molecule has 1 heterocycles. The van der Waals surface area contributed by atoms with Crippen molar-refractivity contribution in [2.24, 2.45) is 0 Å². The highest BCUT2D eigenvalue weighted by molar-refractivity contribution is 5.22. The van der Waals surface area contributed by atoms with E-state index in [0.29, 0.717) is 0 Å². The molecule has 0 saturated carbocycles. The summed E-state index contributed by atoms with van der Waals surface area (Å²) in [5, 5.41) is 3.40. The fraction of sp³-hybridized carbons (Fsp3) is 0.571. The number of rotatable bonds is 4. The molecule has 0 spiro atoms. The van der Waals surface area contributed by atoms with E-state index in [1.54, 1.807) is 0 Å². The third-order valence-corrected chi connectivity index (χ3v) is 3.23. The van der Waals surface area contributed by atoms with Gasteiger partial charge in [-0.05, 0) is 50.0 Å². The van der Waals surface area contributed by atoms with Gasteiger partial charge in [-0.25, -0.2) is 0 Å². The lowest BCUT2D eigenvalue weighted by atomic mass is 9.85. The first-order chi connectivity index (χ1) is 7.87. The van der Waals surface area contributed by atoms with E-state index in [1.165, 1.54) is 5.56 Å². The Balaban J connectivity index is 2.19. The van der Waals surface area contributed by atoms with Crippen molar-refractivity contribution in [3.8, 4) is 0 Å². The first-order valence-corrected chi connectivity index (χ1v) is 6.19. The molecule has 1 N–H and O–H groups in total. The molecule has 1 saturated heterocycles. The molecular formula is C14H20NO. The van der Waals surface area contributed by atoms with Crippen LogP contribution in [-0.4, -0.2) is 19.7 Å². The average molecular weight is 218 g/mol. The lowest BCUT2D eigenvalue weighted by molar-refractivity contribution is -0.0711. The van der Waals surface area contributed by atoms with Gasteiger partial charge in [-0.15, -0.1) is 0 Å². The van der Waals surface area contributed by atoms with E-state index in [1.807, 2.05) is 6.07 Å². The van der Waals surface area contributed by atoms with Gasteiger partial charge in [0.15, 0.2) is 0 Å². The molecule has 0 atom stereocenters. The molecule has 0 unspecified atom stereocenters. The van der Waals surface area contributed by atoms with Gasteiger partial charge in [0, 0.05) is 6.61 Å². The monoisotopic (exact) mass is 218 g/mol. The van der Waals surface area contributed by atoms with Crippen molar-refractivity contribution in [2.45, 2.75) is 31.8 Å². The van der Waals surface area contributed by atoms with Crippen LogP contribution in [0.4, 0.5) is 0 Å². The highest BCUT2D eigenvalue weighted by atomic mass is 16.5. The van der Waals surface area contributed by atoms with Gasteiger partial charge in [-0.2, -0.15) is 0 Å². The molecule has 1 aliphatic rings. The average Bonchev–Trinajstić information content (AvgIpc) is 2.38. The Morgan fingerprint density at radius 3 is 2.88 bits per heavy atom. The molecule has 0 aliphatic carbocycles. The first kappa shape index (κ1) is 11.6. The zero-order valence-electron chi connectivity index (χ0n) is 9.96. The minimum atomic E-state index is -0.0704. The Kier molecular flexibility index (Phi) is 3.97. The fourth-order valence-corrected chi connectivity index (χ4v) is 2.32. The summed E-state index contributed by atoms with van der Waals surface area (Å²) in [5.41, 5.74) is 1.21. The lowest BCUT2D eigenvalue weighted by Gasteiger charge is -2.38. The SMILES string of the molecule is CCCOC1(c2c[c]ccc2)CCNCC1. The summed E-state index contributed by atoms with van der Waals surface area (Å²) in [6.07, 6.45) is 3.20. The van der Waals surface area contributed by atoms with E-state index >= 15 is 0 Å². The Hall–Kier alpha value is -0.860. The van der Waals surface area contributed by atoms with Crippen molar-refractivity contribution in [1.82, 2.24) is 5.32 Å². The maximum Gasteiger partial charge on any atom is 0.0955 e. The molecule has 1 aromatic carbocycles. The minimum absolute atomic E-state index is 0.0704. The van der Waals surface area contributed by atoms with E-state index in [0.717, 1.165) is 39.0 Å². The molecule has 87 valence electrons. The van der Waals surface area contributed by atoms with Crippen LogP contribution in [0.25, 0.3) is 0 Å². The fourth-order valence-electron chi connectivity index (χ4n) is 2.32. The van der Waals surface area contributed by atoms with E-state index in [4.69, 9.17) is 4.74 Å². The second-order valence-electron chi connectivity index (χ2n) is 4.38. The largest absolute Gasteiger partial charge is 0.370 e. The molecule has 1 radical (unpaired) electrons. The van der Waals surface area contributed by atoms with Crippen LogP contribution in [-0.2, 0) is 10.3 Å². The Bertz CT molecular complexity index is 304. The first-order valence-electron chi connectivity index (χ1n) is 6.19. The van der Waals surface area contributed by atoms with Crippen molar-refractivity contribution in [3.63, 3.8) is 0 Å². The third kappa shape index (κ3) is 2.45. The number of hydrogen-bond donors (Lipinski definition) is 1. The summed E-state index contributed by atoms with van der Waals surface area (Å²) in [6, 6.07) is 11.4. The van der Waals surface area contributed by atoms with Gasteiger partial charge in [-0.1, -0.05) is 25.1 Å². The van der Waals surface area contributed by atoms with Crippen molar-refractivity contribution in [3.05, 3.63) is 35.9 Å². The normalized spacial score (nSPS) is 19.6. The minimum Gasteiger partial charge on any atom is -0.370 e. The predicted octanol–water partition coefficient (Wildman–Crippen LogP) is 2.49. The summed E-state index contributed by atoms with van der Waals surface area (Å²) >= 11 is 0. The maximum atomic E-state index is 6.15. The van der Waals surface area contributed by atoms with Crippen LogP contribution >= 0.6 is 0 Å². The van der Waals surface area contributed by atoms with Gasteiger partial charge >= 0.3 is 0 Å². The molecule has 0 aromatic heterocycles. The molecular weight excluding hydrogens is 198 g/mol. The van der Waals surface area contributed by atoms with Crippen molar-refractivity contribution < 1.29 is 4.74 Å². The predicted molar refractivity (Wildman–Crippen MR) is 65.3 cm³/mol. The summed E-state index contributed by atoms with van der Waals surface area (Å²) in [7, 11) is 0. The second kappa shape index (κ2) is 5.46. The highest BCUT2D eigenvalue weighted by Gasteiger charge is 2.34. The van der Waals surface area contributed by atoms with Crippen molar-refractivity contribution in [1.29, 1.82) is 0 Å². The van der Waals surface area contributed by atoms with E-state index in [2.05, 4.69) is 36.5 Å². The molecule has 1 aliphatic heterocycles.